The lowest BCUT2D eigenvalue weighted by Gasteiger charge is -2.04. The van der Waals surface area contributed by atoms with Gasteiger partial charge in [0.2, 0.25) is 5.65 Å². The van der Waals surface area contributed by atoms with Crippen LogP contribution in [0.25, 0.3) is 11.3 Å². The minimum absolute atomic E-state index is 0.336. The first kappa shape index (κ1) is 13.6. The zero-order chi connectivity index (χ0) is 15.8. The van der Waals surface area contributed by atoms with Crippen LogP contribution < -0.4 is 4.74 Å². The van der Waals surface area contributed by atoms with Crippen molar-refractivity contribution in [3.8, 4) is 11.4 Å². The summed E-state index contributed by atoms with van der Waals surface area (Å²) in [5, 5.41) is 16.0. The third-order valence-electron chi connectivity index (χ3n) is 3.70. The minimum Gasteiger partial charge on any atom is -0.486 e. The van der Waals surface area contributed by atoms with Gasteiger partial charge in [-0.15, -0.1) is 10.2 Å². The molecule has 0 saturated heterocycles. The van der Waals surface area contributed by atoms with Crippen LogP contribution in [0.1, 0.15) is 17.1 Å². The smallest absolute Gasteiger partial charge is 0.203 e. The van der Waals surface area contributed by atoms with E-state index >= 15 is 0 Å². The highest BCUT2D eigenvalue weighted by Crippen LogP contribution is 2.19. The van der Waals surface area contributed by atoms with Gasteiger partial charge in [0.25, 0.3) is 0 Å². The summed E-state index contributed by atoms with van der Waals surface area (Å²) in [7, 11) is 0. The third kappa shape index (κ3) is 2.36. The van der Waals surface area contributed by atoms with Gasteiger partial charge in [-0.05, 0) is 32.0 Å². The van der Waals surface area contributed by atoms with Gasteiger partial charge in [0.1, 0.15) is 18.0 Å². The zero-order valence-electron chi connectivity index (χ0n) is 12.9. The molecule has 0 aliphatic carbocycles. The number of nitrogens with zero attached hydrogens (tertiary/aromatic N) is 5. The molecular formula is C16H16N6O. The van der Waals surface area contributed by atoms with Gasteiger partial charge in [-0.3, -0.25) is 5.10 Å². The molecule has 116 valence electrons. The highest BCUT2D eigenvalue weighted by atomic mass is 16.5. The summed E-state index contributed by atoms with van der Waals surface area (Å²) in [4.78, 5) is 0. The van der Waals surface area contributed by atoms with Gasteiger partial charge in [0, 0.05) is 12.4 Å². The average molecular weight is 308 g/mol. The fourth-order valence-electron chi connectivity index (χ4n) is 2.53. The Hall–Kier alpha value is -3.09. The Bertz CT molecular complexity index is 933. The quantitative estimate of drug-likeness (QED) is 0.628. The normalized spacial score (nSPS) is 11.2. The number of aromatic amines is 1. The molecule has 0 fully saturated rings. The average Bonchev–Trinajstić information content (AvgIpc) is 3.24. The van der Waals surface area contributed by atoms with E-state index in [1.54, 1.807) is 10.9 Å². The Kier molecular flexibility index (Phi) is 3.11. The van der Waals surface area contributed by atoms with Crippen LogP contribution in [0.4, 0.5) is 0 Å². The molecule has 23 heavy (non-hydrogen) atoms. The summed E-state index contributed by atoms with van der Waals surface area (Å²) in [5.74, 6) is 1.52. The summed E-state index contributed by atoms with van der Waals surface area (Å²) in [5.41, 5.74) is 3.79. The SMILES string of the molecule is Cc1ccc(OCc2nnc3c(-n4cccn4)c(C)[nH]n23)cc1. The predicted molar refractivity (Wildman–Crippen MR) is 84.7 cm³/mol. The van der Waals surface area contributed by atoms with Gasteiger partial charge < -0.3 is 4.74 Å². The number of fused-ring (bicyclic) bond motifs is 1. The lowest BCUT2D eigenvalue weighted by Crippen LogP contribution is -2.02. The summed E-state index contributed by atoms with van der Waals surface area (Å²) in [6.07, 6.45) is 3.62. The first-order valence-electron chi connectivity index (χ1n) is 7.34. The molecule has 4 rings (SSSR count). The molecule has 0 amide bonds. The molecule has 3 aromatic heterocycles. The zero-order valence-corrected chi connectivity index (χ0v) is 12.9. The first-order chi connectivity index (χ1) is 11.2. The van der Waals surface area contributed by atoms with E-state index in [9.17, 15) is 0 Å². The van der Waals surface area contributed by atoms with Gasteiger partial charge in [-0.1, -0.05) is 17.7 Å². The molecule has 0 spiro atoms. The van der Waals surface area contributed by atoms with Crippen molar-refractivity contribution in [2.75, 3.05) is 0 Å². The minimum atomic E-state index is 0.336. The predicted octanol–water partition coefficient (Wildman–Crippen LogP) is 2.44. The summed E-state index contributed by atoms with van der Waals surface area (Å²) in [6, 6.07) is 9.80. The molecule has 7 heteroatoms. The van der Waals surface area contributed by atoms with Crippen LogP contribution >= 0.6 is 0 Å². The molecular weight excluding hydrogens is 292 g/mol. The van der Waals surface area contributed by atoms with Crippen LogP contribution in [-0.4, -0.2) is 29.6 Å². The monoisotopic (exact) mass is 308 g/mol. The van der Waals surface area contributed by atoms with Crippen molar-refractivity contribution in [2.24, 2.45) is 0 Å². The van der Waals surface area contributed by atoms with E-state index in [0.717, 1.165) is 22.8 Å². The topological polar surface area (TPSA) is 73.0 Å². The Labute approximate surface area is 132 Å². The second-order valence-electron chi connectivity index (χ2n) is 5.41. The van der Waals surface area contributed by atoms with E-state index in [1.807, 2.05) is 54.9 Å². The Morgan fingerprint density at radius 1 is 1.13 bits per heavy atom. The Morgan fingerprint density at radius 2 is 1.96 bits per heavy atom. The number of H-pyrrole nitrogens is 1. The molecule has 0 radical (unpaired) electrons. The molecule has 7 nitrogen and oxygen atoms in total. The molecule has 1 N–H and O–H groups in total. The maximum atomic E-state index is 5.79. The van der Waals surface area contributed by atoms with Crippen molar-refractivity contribution in [1.29, 1.82) is 0 Å². The highest BCUT2D eigenvalue weighted by Gasteiger charge is 2.17. The lowest BCUT2D eigenvalue weighted by atomic mass is 10.2. The van der Waals surface area contributed by atoms with Gasteiger partial charge >= 0.3 is 0 Å². The van der Waals surface area contributed by atoms with Crippen molar-refractivity contribution in [3.05, 3.63) is 59.8 Å². The van der Waals surface area contributed by atoms with Gasteiger partial charge in [0.05, 0.1) is 5.69 Å². The molecule has 0 aliphatic rings. The maximum absolute atomic E-state index is 5.79. The van der Waals surface area contributed by atoms with E-state index in [4.69, 9.17) is 4.74 Å². The Balaban J connectivity index is 1.64. The molecule has 0 unspecified atom stereocenters. The van der Waals surface area contributed by atoms with E-state index in [2.05, 4.69) is 20.4 Å². The van der Waals surface area contributed by atoms with Crippen molar-refractivity contribution >= 4 is 5.65 Å². The van der Waals surface area contributed by atoms with Crippen molar-refractivity contribution in [1.82, 2.24) is 29.6 Å². The van der Waals surface area contributed by atoms with Crippen molar-refractivity contribution < 1.29 is 4.74 Å². The standard InChI is InChI=1S/C16H16N6O/c1-11-4-6-13(7-5-11)23-10-14-18-19-16-15(12(2)20-22(14)16)21-9-3-8-17-21/h3-9,20H,10H2,1-2H3. The molecule has 4 aromatic rings. The maximum Gasteiger partial charge on any atom is 0.203 e. The highest BCUT2D eigenvalue weighted by molar-refractivity contribution is 5.61. The van der Waals surface area contributed by atoms with Crippen LogP contribution in [-0.2, 0) is 6.61 Å². The number of benzene rings is 1. The summed E-state index contributed by atoms with van der Waals surface area (Å²) < 4.78 is 9.40. The fraction of sp³-hybridized carbons (Fsp3) is 0.188. The fourth-order valence-corrected chi connectivity index (χ4v) is 2.53. The van der Waals surface area contributed by atoms with Crippen molar-refractivity contribution in [3.63, 3.8) is 0 Å². The number of rotatable bonds is 4. The molecule has 0 bridgehead atoms. The second kappa shape index (κ2) is 5.28. The first-order valence-corrected chi connectivity index (χ1v) is 7.34. The number of hydrogen-bond acceptors (Lipinski definition) is 4. The lowest BCUT2D eigenvalue weighted by molar-refractivity contribution is 0.292. The number of nitrogens with one attached hydrogen (secondary N) is 1. The number of aromatic nitrogens is 6. The number of ether oxygens (including phenoxy) is 1. The van der Waals surface area contributed by atoms with Crippen molar-refractivity contribution in [2.45, 2.75) is 20.5 Å². The second-order valence-corrected chi connectivity index (χ2v) is 5.41. The van der Waals surface area contributed by atoms with E-state index in [-0.39, 0.29) is 0 Å². The molecule has 1 aromatic carbocycles. The van der Waals surface area contributed by atoms with Gasteiger partial charge in [0.15, 0.2) is 5.82 Å². The van der Waals surface area contributed by atoms with Crippen LogP contribution in [0.2, 0.25) is 0 Å². The van der Waals surface area contributed by atoms with E-state index in [1.165, 1.54) is 5.56 Å². The van der Waals surface area contributed by atoms with Crippen LogP contribution in [0, 0.1) is 13.8 Å². The van der Waals surface area contributed by atoms with E-state index < -0.39 is 0 Å². The van der Waals surface area contributed by atoms with Gasteiger partial charge in [-0.2, -0.15) is 5.10 Å². The number of aryl methyl sites for hydroxylation is 2. The Morgan fingerprint density at radius 3 is 2.70 bits per heavy atom. The summed E-state index contributed by atoms with van der Waals surface area (Å²) >= 11 is 0. The van der Waals surface area contributed by atoms with Crippen LogP contribution in [0.3, 0.4) is 0 Å². The number of hydrogen-bond donors (Lipinski definition) is 1. The molecule has 3 heterocycles. The van der Waals surface area contributed by atoms with Crippen LogP contribution in [0.15, 0.2) is 42.7 Å². The molecule has 0 saturated carbocycles. The van der Waals surface area contributed by atoms with Crippen LogP contribution in [0.5, 0.6) is 5.75 Å². The largest absolute Gasteiger partial charge is 0.486 e. The van der Waals surface area contributed by atoms with E-state index in [0.29, 0.717) is 12.4 Å². The van der Waals surface area contributed by atoms with Gasteiger partial charge in [-0.25, -0.2) is 9.20 Å². The molecule has 0 aliphatic heterocycles. The third-order valence-corrected chi connectivity index (χ3v) is 3.70. The molecule has 0 atom stereocenters. The summed E-state index contributed by atoms with van der Waals surface area (Å²) in [6.45, 7) is 4.36.